The van der Waals surface area contributed by atoms with Crippen LogP contribution in [0.5, 0.6) is 0 Å². The molecule has 0 aromatic rings. The molecule has 0 radical (unpaired) electrons. The van der Waals surface area contributed by atoms with Crippen LogP contribution in [0.15, 0.2) is 0 Å². The minimum atomic E-state index is -0.829. The van der Waals surface area contributed by atoms with Gasteiger partial charge in [0.15, 0.2) is 5.79 Å². The van der Waals surface area contributed by atoms with Crippen LogP contribution in [0.4, 0.5) is 0 Å². The van der Waals surface area contributed by atoms with Gasteiger partial charge in [-0.3, -0.25) is 0 Å². The Bertz CT molecular complexity index is 354. The Hall–Kier alpha value is -0.0800. The van der Waals surface area contributed by atoms with E-state index in [-0.39, 0.29) is 0 Å². The predicted molar refractivity (Wildman–Crippen MR) is 76.6 cm³/mol. The first-order valence-corrected chi connectivity index (χ1v) is 8.10. The summed E-state index contributed by atoms with van der Waals surface area (Å²) in [6.07, 6.45) is 8.23. The van der Waals surface area contributed by atoms with Crippen molar-refractivity contribution in [1.29, 1.82) is 0 Å². The van der Waals surface area contributed by atoms with Gasteiger partial charge in [0.2, 0.25) is 0 Å². The molecular weight excluding hydrogens is 236 g/mol. The first-order chi connectivity index (χ1) is 8.82. The number of ether oxygens (including phenoxy) is 1. The topological polar surface area (TPSA) is 29.5 Å². The SMILES string of the molecule is COC1(O)CCC([C@H]2C[C@@H]3CC[C@@]2(C)C3(C)C)CC1. The summed E-state index contributed by atoms with van der Waals surface area (Å²) in [5, 5.41) is 10.2. The van der Waals surface area contributed by atoms with Gasteiger partial charge >= 0.3 is 0 Å². The van der Waals surface area contributed by atoms with Crippen LogP contribution in [0.25, 0.3) is 0 Å². The lowest BCUT2D eigenvalue weighted by Gasteiger charge is -2.46. The second kappa shape index (κ2) is 4.21. The molecule has 19 heavy (non-hydrogen) atoms. The third-order valence-electron chi connectivity index (χ3n) is 7.62. The minimum Gasteiger partial charge on any atom is -0.365 e. The molecule has 0 heterocycles. The van der Waals surface area contributed by atoms with E-state index in [1.54, 1.807) is 7.11 Å². The Morgan fingerprint density at radius 1 is 1.00 bits per heavy atom. The lowest BCUT2D eigenvalue weighted by Crippen LogP contribution is -2.41. The highest BCUT2D eigenvalue weighted by Gasteiger charge is 2.62. The first kappa shape index (κ1) is 13.9. The summed E-state index contributed by atoms with van der Waals surface area (Å²) in [5.74, 6) is 1.79. The van der Waals surface area contributed by atoms with Gasteiger partial charge in [-0.2, -0.15) is 0 Å². The van der Waals surface area contributed by atoms with Crippen molar-refractivity contribution < 1.29 is 9.84 Å². The zero-order valence-electron chi connectivity index (χ0n) is 13.0. The van der Waals surface area contributed by atoms with Crippen molar-refractivity contribution in [3.8, 4) is 0 Å². The minimum absolute atomic E-state index is 0.521. The normalized spacial score (nSPS) is 52.6. The number of hydrogen-bond acceptors (Lipinski definition) is 2. The summed E-state index contributed by atoms with van der Waals surface area (Å²) in [5.41, 5.74) is 1.05. The number of hydrogen-bond donors (Lipinski definition) is 1. The van der Waals surface area contributed by atoms with Gasteiger partial charge in [-0.05, 0) is 60.7 Å². The van der Waals surface area contributed by atoms with E-state index < -0.39 is 5.79 Å². The molecule has 2 heteroatoms. The van der Waals surface area contributed by atoms with E-state index >= 15 is 0 Å². The van der Waals surface area contributed by atoms with Crippen molar-refractivity contribution in [3.05, 3.63) is 0 Å². The Labute approximate surface area is 117 Å². The third-order valence-corrected chi connectivity index (χ3v) is 7.62. The van der Waals surface area contributed by atoms with Crippen molar-refractivity contribution in [2.45, 2.75) is 71.5 Å². The van der Waals surface area contributed by atoms with Crippen LogP contribution in [0.1, 0.15) is 65.7 Å². The Morgan fingerprint density at radius 2 is 1.63 bits per heavy atom. The van der Waals surface area contributed by atoms with E-state index in [9.17, 15) is 5.11 Å². The molecule has 3 fully saturated rings. The molecule has 110 valence electrons. The van der Waals surface area contributed by atoms with Gasteiger partial charge in [0, 0.05) is 20.0 Å². The van der Waals surface area contributed by atoms with Gasteiger partial charge in [-0.15, -0.1) is 0 Å². The van der Waals surface area contributed by atoms with Gasteiger partial charge < -0.3 is 9.84 Å². The molecule has 0 aliphatic heterocycles. The van der Waals surface area contributed by atoms with Gasteiger partial charge in [0.05, 0.1) is 0 Å². The summed E-state index contributed by atoms with van der Waals surface area (Å²) in [7, 11) is 1.64. The fourth-order valence-electron chi connectivity index (χ4n) is 5.68. The van der Waals surface area contributed by atoms with Crippen LogP contribution in [0, 0.1) is 28.6 Å². The second-order valence-electron chi connectivity index (χ2n) is 8.20. The maximum atomic E-state index is 10.2. The summed E-state index contributed by atoms with van der Waals surface area (Å²) in [6.45, 7) is 7.54. The molecule has 3 saturated carbocycles. The maximum Gasteiger partial charge on any atom is 0.165 e. The molecule has 0 saturated heterocycles. The highest BCUT2D eigenvalue weighted by Crippen LogP contribution is 2.70. The summed E-state index contributed by atoms with van der Waals surface area (Å²) in [6, 6.07) is 0. The standard InChI is InChI=1S/C17H30O2/c1-15(2)13-7-8-16(15,3)14(11-13)12-5-9-17(18,19-4)10-6-12/h12-14,18H,5-11H2,1-4H3/t12?,13-,14+,16+,17?/m0/s1. The molecule has 0 spiro atoms. The molecule has 2 nitrogen and oxygen atoms in total. The zero-order chi connectivity index (χ0) is 13.9. The molecule has 0 amide bonds. The van der Waals surface area contributed by atoms with Crippen LogP contribution in [0.2, 0.25) is 0 Å². The molecular formula is C17H30O2. The zero-order valence-corrected chi connectivity index (χ0v) is 13.0. The molecule has 2 bridgehead atoms. The van der Waals surface area contributed by atoms with E-state index in [1.807, 2.05) is 0 Å². The van der Waals surface area contributed by atoms with Gasteiger partial charge in [-0.25, -0.2) is 0 Å². The first-order valence-electron chi connectivity index (χ1n) is 8.10. The number of methoxy groups -OCH3 is 1. The Morgan fingerprint density at radius 3 is 2.05 bits per heavy atom. The Balaban J connectivity index is 1.73. The lowest BCUT2D eigenvalue weighted by molar-refractivity contribution is -0.212. The predicted octanol–water partition coefficient (Wildman–Crippen LogP) is 3.97. The second-order valence-corrected chi connectivity index (χ2v) is 8.20. The van der Waals surface area contributed by atoms with Gasteiger partial charge in [0.1, 0.15) is 0 Å². The van der Waals surface area contributed by atoms with E-state index in [2.05, 4.69) is 20.8 Å². The fraction of sp³-hybridized carbons (Fsp3) is 1.00. The lowest BCUT2D eigenvalue weighted by atomic mass is 9.61. The maximum absolute atomic E-state index is 10.2. The molecule has 0 aromatic heterocycles. The molecule has 1 N–H and O–H groups in total. The number of fused-ring (bicyclic) bond motifs is 2. The molecule has 3 aliphatic carbocycles. The Kier molecular flexibility index (Phi) is 3.07. The average molecular weight is 266 g/mol. The van der Waals surface area contributed by atoms with Crippen molar-refractivity contribution in [3.63, 3.8) is 0 Å². The fourth-order valence-corrected chi connectivity index (χ4v) is 5.68. The smallest absolute Gasteiger partial charge is 0.165 e. The van der Waals surface area contributed by atoms with Crippen molar-refractivity contribution in [1.82, 2.24) is 0 Å². The number of aliphatic hydroxyl groups is 1. The van der Waals surface area contributed by atoms with Crippen molar-refractivity contribution in [2.24, 2.45) is 28.6 Å². The van der Waals surface area contributed by atoms with Crippen LogP contribution < -0.4 is 0 Å². The largest absolute Gasteiger partial charge is 0.365 e. The quantitative estimate of drug-likeness (QED) is 0.766. The highest BCUT2D eigenvalue weighted by atomic mass is 16.6. The molecule has 3 atom stereocenters. The van der Waals surface area contributed by atoms with Crippen molar-refractivity contribution in [2.75, 3.05) is 7.11 Å². The van der Waals surface area contributed by atoms with Crippen LogP contribution in [-0.4, -0.2) is 18.0 Å². The monoisotopic (exact) mass is 266 g/mol. The van der Waals surface area contributed by atoms with Crippen LogP contribution >= 0.6 is 0 Å². The van der Waals surface area contributed by atoms with Crippen LogP contribution in [0.3, 0.4) is 0 Å². The summed E-state index contributed by atoms with van der Waals surface area (Å²) in [4.78, 5) is 0. The molecule has 0 aromatic carbocycles. The molecule has 0 unspecified atom stereocenters. The van der Waals surface area contributed by atoms with E-state index in [0.29, 0.717) is 10.8 Å². The molecule has 3 aliphatic rings. The van der Waals surface area contributed by atoms with Gasteiger partial charge in [-0.1, -0.05) is 20.8 Å². The van der Waals surface area contributed by atoms with Crippen molar-refractivity contribution >= 4 is 0 Å². The third kappa shape index (κ3) is 1.82. The molecule has 3 rings (SSSR count). The van der Waals surface area contributed by atoms with E-state index in [0.717, 1.165) is 43.4 Å². The van der Waals surface area contributed by atoms with Gasteiger partial charge in [0.25, 0.3) is 0 Å². The number of rotatable bonds is 2. The summed E-state index contributed by atoms with van der Waals surface area (Å²) >= 11 is 0. The summed E-state index contributed by atoms with van der Waals surface area (Å²) < 4.78 is 5.27. The van der Waals surface area contributed by atoms with E-state index in [4.69, 9.17) is 4.74 Å². The highest BCUT2D eigenvalue weighted by molar-refractivity contribution is 5.11. The average Bonchev–Trinajstić information content (AvgIpc) is 2.72. The van der Waals surface area contributed by atoms with Crippen LogP contribution in [-0.2, 0) is 4.74 Å². The van der Waals surface area contributed by atoms with E-state index in [1.165, 1.54) is 19.3 Å².